The Labute approximate surface area is 152 Å². The van der Waals surface area contributed by atoms with Crippen molar-refractivity contribution >= 4 is 46.4 Å². The number of hydrogen-bond acceptors (Lipinski definition) is 4. The number of nitrogen functional groups attached to an aromatic ring is 1. The monoisotopic (exact) mass is 411 g/mol. The molecule has 0 unspecified atom stereocenters. The smallest absolute Gasteiger partial charge is 0.144 e. The lowest BCUT2D eigenvalue weighted by Gasteiger charge is -2.43. The Morgan fingerprint density at radius 3 is 2.41 bits per heavy atom. The maximum atomic E-state index is 10.5. The van der Waals surface area contributed by atoms with Crippen LogP contribution in [0.4, 0.5) is 5.69 Å². The molecule has 4 nitrogen and oxygen atoms in total. The van der Waals surface area contributed by atoms with E-state index in [4.69, 9.17) is 5.73 Å². The van der Waals surface area contributed by atoms with Crippen molar-refractivity contribution < 1.29 is 5.11 Å². The third kappa shape index (κ3) is 3.82. The average Bonchev–Trinajstić information content (AvgIpc) is 2.41. The maximum Gasteiger partial charge on any atom is 0.144 e. The molecular formula is C15H24BrCl2N3O. The Bertz CT molecular complexity index is 494. The number of hydrogen-bond donors (Lipinski definition) is 3. The van der Waals surface area contributed by atoms with Crippen molar-refractivity contribution in [3.8, 4) is 5.75 Å². The molecule has 3 rings (SSSR count). The van der Waals surface area contributed by atoms with Gasteiger partial charge in [0.1, 0.15) is 5.75 Å². The number of nitrogens with zero attached hydrogens (tertiary/aromatic N) is 1. The summed E-state index contributed by atoms with van der Waals surface area (Å²) < 4.78 is 0.972. The molecule has 0 radical (unpaired) electrons. The molecule has 0 amide bonds. The Kier molecular flexibility index (Phi) is 7.75. The van der Waals surface area contributed by atoms with Crippen LogP contribution in [0, 0.1) is 5.92 Å². The van der Waals surface area contributed by atoms with Crippen molar-refractivity contribution in [1.29, 1.82) is 0 Å². The van der Waals surface area contributed by atoms with E-state index in [1.165, 1.54) is 19.3 Å². The van der Waals surface area contributed by atoms with Gasteiger partial charge in [-0.1, -0.05) is 22.4 Å². The van der Waals surface area contributed by atoms with Gasteiger partial charge in [-0.15, -0.1) is 24.8 Å². The van der Waals surface area contributed by atoms with Crippen molar-refractivity contribution in [3.05, 3.63) is 22.2 Å². The average molecular weight is 413 g/mol. The van der Waals surface area contributed by atoms with E-state index in [0.29, 0.717) is 11.6 Å². The number of aromatic hydroxyl groups is 1. The molecule has 22 heavy (non-hydrogen) atoms. The highest BCUT2D eigenvalue weighted by molar-refractivity contribution is 9.10. The number of nitrogens with one attached hydrogen (secondary N) is 1. The topological polar surface area (TPSA) is 61.5 Å². The van der Waals surface area contributed by atoms with Crippen molar-refractivity contribution in [2.45, 2.75) is 25.3 Å². The predicted molar refractivity (Wildman–Crippen MR) is 99.2 cm³/mol. The first-order valence-electron chi connectivity index (χ1n) is 7.40. The molecule has 1 atom stereocenters. The summed E-state index contributed by atoms with van der Waals surface area (Å²) in [6.07, 6.45) is 3.79. The van der Waals surface area contributed by atoms with E-state index in [1.54, 1.807) is 6.07 Å². The number of piperazine rings is 1. The highest BCUT2D eigenvalue weighted by Gasteiger charge is 2.36. The molecule has 1 saturated carbocycles. The molecule has 4 N–H and O–H groups in total. The van der Waals surface area contributed by atoms with Gasteiger partial charge < -0.3 is 16.2 Å². The number of anilines is 1. The summed E-state index contributed by atoms with van der Waals surface area (Å²) in [5, 5.41) is 13.8. The number of benzene rings is 1. The van der Waals surface area contributed by atoms with E-state index in [9.17, 15) is 5.11 Å². The van der Waals surface area contributed by atoms with Crippen molar-refractivity contribution in [2.75, 3.05) is 31.9 Å². The SMILES string of the molecule is Cl.Cl.Nc1ccc(Br)c([C@@H](C2CCC2)N2CCNCC2)c1O. The van der Waals surface area contributed by atoms with Crippen LogP contribution < -0.4 is 11.1 Å². The molecule has 1 aliphatic heterocycles. The quantitative estimate of drug-likeness (QED) is 0.526. The summed E-state index contributed by atoms with van der Waals surface area (Å²) in [5.74, 6) is 0.895. The van der Waals surface area contributed by atoms with Crippen LogP contribution in [-0.4, -0.2) is 36.2 Å². The Hall–Kier alpha value is -0.200. The van der Waals surface area contributed by atoms with E-state index < -0.39 is 0 Å². The van der Waals surface area contributed by atoms with Crippen LogP contribution >= 0.6 is 40.7 Å². The fourth-order valence-corrected chi connectivity index (χ4v) is 3.87. The summed E-state index contributed by atoms with van der Waals surface area (Å²) in [4.78, 5) is 2.50. The van der Waals surface area contributed by atoms with E-state index >= 15 is 0 Å². The molecule has 0 aromatic heterocycles. The van der Waals surface area contributed by atoms with Crippen LogP contribution in [0.5, 0.6) is 5.75 Å². The van der Waals surface area contributed by atoms with E-state index in [0.717, 1.165) is 36.2 Å². The predicted octanol–water partition coefficient (Wildman–Crippen LogP) is 3.33. The summed E-state index contributed by atoms with van der Waals surface area (Å²) in [6.45, 7) is 4.09. The van der Waals surface area contributed by atoms with Crippen LogP contribution in [0.1, 0.15) is 30.9 Å². The Balaban J connectivity index is 0.00000121. The zero-order valence-corrected chi connectivity index (χ0v) is 15.6. The first-order valence-corrected chi connectivity index (χ1v) is 8.19. The lowest BCUT2D eigenvalue weighted by Crippen LogP contribution is -2.48. The van der Waals surface area contributed by atoms with Crippen molar-refractivity contribution in [1.82, 2.24) is 10.2 Å². The second-order valence-corrected chi connectivity index (χ2v) is 6.68. The van der Waals surface area contributed by atoms with Gasteiger partial charge in [0.15, 0.2) is 0 Å². The molecule has 1 aromatic carbocycles. The van der Waals surface area contributed by atoms with E-state index in [-0.39, 0.29) is 36.6 Å². The molecule has 0 bridgehead atoms. The van der Waals surface area contributed by atoms with Gasteiger partial charge in [-0.3, -0.25) is 4.90 Å². The lowest BCUT2D eigenvalue weighted by molar-refractivity contribution is 0.0815. The van der Waals surface area contributed by atoms with Gasteiger partial charge >= 0.3 is 0 Å². The third-order valence-electron chi connectivity index (χ3n) is 4.63. The van der Waals surface area contributed by atoms with Gasteiger partial charge in [0.2, 0.25) is 0 Å². The molecule has 1 aromatic rings. The van der Waals surface area contributed by atoms with Crippen molar-refractivity contribution in [3.63, 3.8) is 0 Å². The maximum absolute atomic E-state index is 10.5. The molecule has 1 aliphatic carbocycles. The molecule has 7 heteroatoms. The minimum Gasteiger partial charge on any atom is -0.505 e. The Morgan fingerprint density at radius 1 is 1.23 bits per heavy atom. The minimum atomic E-state index is 0. The van der Waals surface area contributed by atoms with Crippen LogP contribution in [0.15, 0.2) is 16.6 Å². The number of halogens is 3. The van der Waals surface area contributed by atoms with Gasteiger partial charge in [0.05, 0.1) is 5.69 Å². The largest absolute Gasteiger partial charge is 0.505 e. The van der Waals surface area contributed by atoms with Gasteiger partial charge in [0, 0.05) is 42.3 Å². The fraction of sp³-hybridized carbons (Fsp3) is 0.600. The van der Waals surface area contributed by atoms with Gasteiger partial charge in [0.25, 0.3) is 0 Å². The highest BCUT2D eigenvalue weighted by Crippen LogP contribution is 2.47. The molecule has 2 aliphatic rings. The van der Waals surface area contributed by atoms with E-state index in [2.05, 4.69) is 26.1 Å². The van der Waals surface area contributed by atoms with Crippen LogP contribution in [-0.2, 0) is 0 Å². The summed E-state index contributed by atoms with van der Waals surface area (Å²) in [6, 6.07) is 4.00. The Morgan fingerprint density at radius 2 is 1.86 bits per heavy atom. The van der Waals surface area contributed by atoms with Gasteiger partial charge in [-0.05, 0) is 30.9 Å². The molecule has 1 saturated heterocycles. The van der Waals surface area contributed by atoms with Crippen LogP contribution in [0.3, 0.4) is 0 Å². The molecule has 1 heterocycles. The van der Waals surface area contributed by atoms with Crippen LogP contribution in [0.2, 0.25) is 0 Å². The standard InChI is InChI=1S/C15H22BrN3O.2ClH/c16-11-4-5-12(17)15(20)13(11)14(10-2-1-3-10)19-8-6-18-7-9-19;;/h4-5,10,14,18,20H,1-3,6-9,17H2;2*1H/t14-;;/m1../s1. The third-order valence-corrected chi connectivity index (χ3v) is 5.32. The van der Waals surface area contributed by atoms with Gasteiger partial charge in [-0.25, -0.2) is 0 Å². The molecular weight excluding hydrogens is 389 g/mol. The number of phenols is 1. The summed E-state index contributed by atoms with van der Waals surface area (Å²) in [5.41, 5.74) is 7.37. The number of nitrogens with two attached hydrogens (primary N) is 1. The number of rotatable bonds is 3. The first kappa shape index (κ1) is 19.8. The molecule has 2 fully saturated rings. The van der Waals surface area contributed by atoms with Crippen molar-refractivity contribution in [2.24, 2.45) is 5.92 Å². The fourth-order valence-electron chi connectivity index (χ4n) is 3.31. The zero-order valence-electron chi connectivity index (χ0n) is 12.4. The number of phenolic OH excluding ortho intramolecular Hbond substituents is 1. The lowest BCUT2D eigenvalue weighted by atomic mass is 9.76. The van der Waals surface area contributed by atoms with E-state index in [1.807, 2.05) is 6.07 Å². The van der Waals surface area contributed by atoms with Gasteiger partial charge in [-0.2, -0.15) is 0 Å². The second kappa shape index (κ2) is 8.60. The second-order valence-electron chi connectivity index (χ2n) is 5.82. The minimum absolute atomic E-state index is 0. The first-order chi connectivity index (χ1) is 9.68. The zero-order chi connectivity index (χ0) is 14.1. The highest BCUT2D eigenvalue weighted by atomic mass is 79.9. The summed E-state index contributed by atoms with van der Waals surface area (Å²) >= 11 is 3.61. The molecule has 0 spiro atoms. The van der Waals surface area contributed by atoms with Crippen LogP contribution in [0.25, 0.3) is 0 Å². The molecule has 126 valence electrons. The summed E-state index contributed by atoms with van der Waals surface area (Å²) in [7, 11) is 0. The normalized spacial score (nSPS) is 20.4.